The monoisotopic (exact) mass is 245 g/mol. The number of hydrogen-bond acceptors (Lipinski definition) is 1. The zero-order valence-corrected chi connectivity index (χ0v) is 12.6. The second-order valence-corrected chi connectivity index (χ2v) is 6.46. The second kappa shape index (κ2) is 5.05. The van der Waals surface area contributed by atoms with E-state index in [9.17, 15) is 0 Å². The Morgan fingerprint density at radius 1 is 1.11 bits per heavy atom. The van der Waals surface area contributed by atoms with Crippen LogP contribution < -0.4 is 5.32 Å². The first-order valence-corrected chi connectivity index (χ1v) is 7.28. The summed E-state index contributed by atoms with van der Waals surface area (Å²) in [6, 6.07) is 4.78. The van der Waals surface area contributed by atoms with Crippen molar-refractivity contribution in [1.29, 1.82) is 0 Å². The van der Waals surface area contributed by atoms with Crippen molar-refractivity contribution < 1.29 is 0 Å². The fraction of sp³-hybridized carbons (Fsp3) is 0.647. The number of aryl methyl sites for hydroxylation is 3. The van der Waals surface area contributed by atoms with E-state index in [2.05, 4.69) is 52.1 Å². The molecule has 1 nitrogen and oxygen atoms in total. The van der Waals surface area contributed by atoms with Crippen LogP contribution in [0.25, 0.3) is 0 Å². The van der Waals surface area contributed by atoms with Crippen LogP contribution in [0.3, 0.4) is 0 Å². The van der Waals surface area contributed by atoms with Crippen molar-refractivity contribution in [2.24, 2.45) is 5.92 Å². The van der Waals surface area contributed by atoms with Gasteiger partial charge in [0.25, 0.3) is 0 Å². The summed E-state index contributed by atoms with van der Waals surface area (Å²) < 4.78 is 0. The standard InChI is InChI=1S/C17H27N/c1-12(2)11-17(7-6-8-18-17)16-10-14(4)13(3)9-15(16)5/h9-10,12,18H,6-8,11H2,1-5H3. The first-order valence-electron chi connectivity index (χ1n) is 7.28. The van der Waals surface area contributed by atoms with Crippen LogP contribution in [0.2, 0.25) is 0 Å². The van der Waals surface area contributed by atoms with E-state index in [-0.39, 0.29) is 5.54 Å². The summed E-state index contributed by atoms with van der Waals surface area (Å²) in [6.07, 6.45) is 3.84. The van der Waals surface area contributed by atoms with Gasteiger partial charge in [0, 0.05) is 5.54 Å². The maximum atomic E-state index is 3.81. The molecule has 1 heterocycles. The maximum Gasteiger partial charge on any atom is 0.0440 e. The Kier molecular flexibility index (Phi) is 3.82. The van der Waals surface area contributed by atoms with Gasteiger partial charge in [0.2, 0.25) is 0 Å². The molecule has 1 aliphatic rings. The highest BCUT2D eigenvalue weighted by Crippen LogP contribution is 2.39. The molecule has 0 saturated carbocycles. The quantitative estimate of drug-likeness (QED) is 0.840. The average Bonchev–Trinajstić information content (AvgIpc) is 2.72. The normalized spacial score (nSPS) is 23.9. The van der Waals surface area contributed by atoms with Crippen LogP contribution in [0.1, 0.15) is 55.4 Å². The van der Waals surface area contributed by atoms with Gasteiger partial charge in [-0.15, -0.1) is 0 Å². The van der Waals surface area contributed by atoms with E-state index in [1.807, 2.05) is 0 Å². The smallest absolute Gasteiger partial charge is 0.0440 e. The molecule has 0 bridgehead atoms. The number of hydrogen-bond donors (Lipinski definition) is 1. The van der Waals surface area contributed by atoms with Gasteiger partial charge in [-0.2, -0.15) is 0 Å². The SMILES string of the molecule is Cc1cc(C)c(C2(CC(C)C)CCCN2)cc1C. The van der Waals surface area contributed by atoms with E-state index in [0.717, 1.165) is 5.92 Å². The average molecular weight is 245 g/mol. The van der Waals surface area contributed by atoms with Crippen molar-refractivity contribution in [3.63, 3.8) is 0 Å². The van der Waals surface area contributed by atoms with Crippen LogP contribution in [0.15, 0.2) is 12.1 Å². The molecule has 1 N–H and O–H groups in total. The molecule has 2 rings (SSSR count). The predicted molar refractivity (Wildman–Crippen MR) is 79.0 cm³/mol. The minimum absolute atomic E-state index is 0.233. The molecule has 1 fully saturated rings. The lowest BCUT2D eigenvalue weighted by Crippen LogP contribution is -2.38. The van der Waals surface area contributed by atoms with Crippen LogP contribution in [-0.4, -0.2) is 6.54 Å². The molecule has 0 aliphatic carbocycles. The van der Waals surface area contributed by atoms with E-state index in [0.29, 0.717) is 0 Å². The van der Waals surface area contributed by atoms with Crippen LogP contribution >= 0.6 is 0 Å². The molecule has 0 radical (unpaired) electrons. The summed E-state index contributed by atoms with van der Waals surface area (Å²) >= 11 is 0. The van der Waals surface area contributed by atoms with Crippen LogP contribution in [0.4, 0.5) is 0 Å². The third-order valence-electron chi connectivity index (χ3n) is 4.36. The Labute approximate surface area is 112 Å². The molecule has 0 amide bonds. The number of benzene rings is 1. The minimum Gasteiger partial charge on any atom is -0.307 e. The number of nitrogens with one attached hydrogen (secondary N) is 1. The van der Waals surface area contributed by atoms with Crippen molar-refractivity contribution in [3.05, 3.63) is 34.4 Å². The number of rotatable bonds is 3. The van der Waals surface area contributed by atoms with E-state index >= 15 is 0 Å². The molecule has 0 spiro atoms. The van der Waals surface area contributed by atoms with Crippen LogP contribution in [0, 0.1) is 26.7 Å². The molecule has 1 aliphatic heterocycles. The molecule has 100 valence electrons. The van der Waals surface area contributed by atoms with Gasteiger partial charge >= 0.3 is 0 Å². The Morgan fingerprint density at radius 3 is 2.33 bits per heavy atom. The molecule has 1 unspecified atom stereocenters. The lowest BCUT2D eigenvalue weighted by Gasteiger charge is -2.34. The zero-order chi connectivity index (χ0) is 13.3. The maximum absolute atomic E-state index is 3.81. The first-order chi connectivity index (χ1) is 8.44. The highest BCUT2D eigenvalue weighted by Gasteiger charge is 2.36. The van der Waals surface area contributed by atoms with E-state index < -0.39 is 0 Å². The molecule has 1 saturated heterocycles. The molecule has 1 atom stereocenters. The lowest BCUT2D eigenvalue weighted by molar-refractivity contribution is 0.309. The van der Waals surface area contributed by atoms with Gasteiger partial charge in [0.05, 0.1) is 0 Å². The lowest BCUT2D eigenvalue weighted by atomic mass is 9.78. The molecule has 1 heteroatoms. The Hall–Kier alpha value is -0.820. The van der Waals surface area contributed by atoms with E-state index in [1.54, 1.807) is 0 Å². The summed E-state index contributed by atoms with van der Waals surface area (Å²) in [5.74, 6) is 0.733. The van der Waals surface area contributed by atoms with Gasteiger partial charge < -0.3 is 5.32 Å². The van der Waals surface area contributed by atoms with Crippen LogP contribution in [-0.2, 0) is 5.54 Å². The molecule has 1 aromatic carbocycles. The molecular formula is C17H27N. The van der Waals surface area contributed by atoms with E-state index in [1.165, 1.54) is 48.1 Å². The zero-order valence-electron chi connectivity index (χ0n) is 12.6. The summed E-state index contributed by atoms with van der Waals surface area (Å²) in [5.41, 5.74) is 6.06. The van der Waals surface area contributed by atoms with Gasteiger partial charge in [-0.05, 0) is 74.8 Å². The fourth-order valence-corrected chi connectivity index (χ4v) is 3.49. The topological polar surface area (TPSA) is 12.0 Å². The van der Waals surface area contributed by atoms with Gasteiger partial charge in [-0.3, -0.25) is 0 Å². The van der Waals surface area contributed by atoms with Crippen molar-refractivity contribution in [3.8, 4) is 0 Å². The highest BCUT2D eigenvalue weighted by molar-refractivity contribution is 5.41. The molecule has 0 aromatic heterocycles. The van der Waals surface area contributed by atoms with E-state index in [4.69, 9.17) is 0 Å². The van der Waals surface area contributed by atoms with Crippen LogP contribution in [0.5, 0.6) is 0 Å². The van der Waals surface area contributed by atoms with Crippen molar-refractivity contribution in [2.45, 2.75) is 59.4 Å². The fourth-order valence-electron chi connectivity index (χ4n) is 3.49. The summed E-state index contributed by atoms with van der Waals surface area (Å²) in [6.45, 7) is 12.5. The molecule has 1 aromatic rings. The Bertz CT molecular complexity index is 425. The van der Waals surface area contributed by atoms with Crippen molar-refractivity contribution in [2.75, 3.05) is 6.54 Å². The van der Waals surface area contributed by atoms with Crippen molar-refractivity contribution in [1.82, 2.24) is 5.32 Å². The highest BCUT2D eigenvalue weighted by atomic mass is 15.0. The van der Waals surface area contributed by atoms with Gasteiger partial charge in [-0.25, -0.2) is 0 Å². The summed E-state index contributed by atoms with van der Waals surface area (Å²) in [4.78, 5) is 0. The summed E-state index contributed by atoms with van der Waals surface area (Å²) in [5, 5.41) is 3.81. The second-order valence-electron chi connectivity index (χ2n) is 6.46. The summed E-state index contributed by atoms with van der Waals surface area (Å²) in [7, 11) is 0. The van der Waals surface area contributed by atoms with Gasteiger partial charge in [0.15, 0.2) is 0 Å². The largest absolute Gasteiger partial charge is 0.307 e. The van der Waals surface area contributed by atoms with Gasteiger partial charge in [0.1, 0.15) is 0 Å². The third kappa shape index (κ3) is 2.47. The van der Waals surface area contributed by atoms with Crippen molar-refractivity contribution >= 4 is 0 Å². The molecular weight excluding hydrogens is 218 g/mol. The minimum atomic E-state index is 0.233. The van der Waals surface area contributed by atoms with Gasteiger partial charge in [-0.1, -0.05) is 26.0 Å². The third-order valence-corrected chi connectivity index (χ3v) is 4.36. The Balaban J connectivity index is 2.46. The molecule has 18 heavy (non-hydrogen) atoms. The predicted octanol–water partition coefficient (Wildman–Crippen LogP) is 4.24. The first kappa shape index (κ1) is 13.6. The Morgan fingerprint density at radius 2 is 1.78 bits per heavy atom.